The SMILES string of the molecule is CCC1(c2ccccc2N)C(=O)NC(=O)NC1=O. The lowest BCUT2D eigenvalue weighted by molar-refractivity contribution is -0.138. The minimum absolute atomic E-state index is 0.214. The third-order valence-electron chi connectivity index (χ3n) is 3.18. The lowest BCUT2D eigenvalue weighted by atomic mass is 9.74. The normalized spacial score (nSPS) is 18.2. The minimum atomic E-state index is -1.45. The van der Waals surface area contributed by atoms with Crippen LogP contribution in [0.3, 0.4) is 0 Å². The van der Waals surface area contributed by atoms with Crippen LogP contribution in [0.5, 0.6) is 0 Å². The molecule has 18 heavy (non-hydrogen) atoms. The molecule has 0 saturated carbocycles. The zero-order chi connectivity index (χ0) is 13.3. The van der Waals surface area contributed by atoms with Crippen molar-refractivity contribution in [2.45, 2.75) is 18.8 Å². The highest BCUT2D eigenvalue weighted by molar-refractivity contribution is 6.23. The second-order valence-electron chi connectivity index (χ2n) is 4.08. The van der Waals surface area contributed by atoms with Crippen LogP contribution in [0.15, 0.2) is 24.3 Å². The van der Waals surface area contributed by atoms with Gasteiger partial charge < -0.3 is 5.73 Å². The van der Waals surface area contributed by atoms with E-state index in [0.29, 0.717) is 11.3 Å². The summed E-state index contributed by atoms with van der Waals surface area (Å²) in [6.07, 6.45) is 0.214. The van der Waals surface area contributed by atoms with Crippen molar-refractivity contribution < 1.29 is 14.4 Å². The summed E-state index contributed by atoms with van der Waals surface area (Å²) in [6.45, 7) is 1.70. The van der Waals surface area contributed by atoms with Gasteiger partial charge in [-0.15, -0.1) is 0 Å². The first-order valence-corrected chi connectivity index (χ1v) is 5.54. The van der Waals surface area contributed by atoms with Crippen LogP contribution in [-0.2, 0) is 15.0 Å². The highest BCUT2D eigenvalue weighted by atomic mass is 16.2. The fourth-order valence-corrected chi connectivity index (χ4v) is 2.20. The van der Waals surface area contributed by atoms with Gasteiger partial charge >= 0.3 is 6.03 Å². The monoisotopic (exact) mass is 247 g/mol. The average molecular weight is 247 g/mol. The van der Waals surface area contributed by atoms with Crippen molar-refractivity contribution in [1.82, 2.24) is 10.6 Å². The first-order valence-electron chi connectivity index (χ1n) is 5.54. The molecule has 0 atom stereocenters. The number of nitrogen functional groups attached to an aromatic ring is 1. The van der Waals surface area contributed by atoms with Gasteiger partial charge in [0.2, 0.25) is 11.8 Å². The maximum absolute atomic E-state index is 12.1. The molecule has 1 aliphatic heterocycles. The van der Waals surface area contributed by atoms with Crippen LogP contribution in [0.2, 0.25) is 0 Å². The molecule has 2 rings (SSSR count). The van der Waals surface area contributed by atoms with E-state index < -0.39 is 23.3 Å². The van der Waals surface area contributed by atoms with E-state index in [1.54, 1.807) is 31.2 Å². The number of para-hydroxylation sites is 1. The molecule has 1 aromatic carbocycles. The predicted octanol–water partition coefficient (Wildman–Crippen LogP) is 0.283. The number of hydrogen-bond acceptors (Lipinski definition) is 4. The van der Waals surface area contributed by atoms with Gasteiger partial charge in [-0.1, -0.05) is 25.1 Å². The molecule has 1 aromatic rings. The Bertz CT molecular complexity index is 519. The molecule has 1 heterocycles. The maximum Gasteiger partial charge on any atom is 0.328 e. The molecule has 4 amide bonds. The van der Waals surface area contributed by atoms with E-state index in [1.807, 2.05) is 0 Å². The Morgan fingerprint density at radius 1 is 1.11 bits per heavy atom. The van der Waals surface area contributed by atoms with Gasteiger partial charge in [0.1, 0.15) is 0 Å². The zero-order valence-electron chi connectivity index (χ0n) is 9.82. The molecule has 6 nitrogen and oxygen atoms in total. The molecule has 0 radical (unpaired) electrons. The molecule has 6 heteroatoms. The zero-order valence-corrected chi connectivity index (χ0v) is 9.82. The standard InChI is InChI=1S/C12H13N3O3/c1-2-12(7-5-3-4-6-8(7)13)9(16)14-11(18)15-10(12)17/h3-6H,2,13H2,1H3,(H2,14,15,16,17,18). The number of benzene rings is 1. The topological polar surface area (TPSA) is 101 Å². The van der Waals surface area contributed by atoms with E-state index in [0.717, 1.165) is 0 Å². The summed E-state index contributed by atoms with van der Waals surface area (Å²) < 4.78 is 0. The molecule has 1 aliphatic rings. The Labute approximate surface area is 104 Å². The maximum atomic E-state index is 12.1. The summed E-state index contributed by atoms with van der Waals surface area (Å²) in [4.78, 5) is 35.3. The van der Waals surface area contributed by atoms with Crippen LogP contribution in [-0.4, -0.2) is 17.8 Å². The Hall–Kier alpha value is -2.37. The number of imide groups is 2. The van der Waals surface area contributed by atoms with E-state index in [-0.39, 0.29) is 6.42 Å². The summed E-state index contributed by atoms with van der Waals surface area (Å²) >= 11 is 0. The van der Waals surface area contributed by atoms with Gasteiger partial charge in [-0.3, -0.25) is 20.2 Å². The minimum Gasteiger partial charge on any atom is -0.398 e. The lowest BCUT2D eigenvalue weighted by Crippen LogP contribution is -2.64. The summed E-state index contributed by atoms with van der Waals surface area (Å²) in [5.74, 6) is -1.28. The Balaban J connectivity index is 2.61. The second-order valence-corrected chi connectivity index (χ2v) is 4.08. The van der Waals surface area contributed by atoms with Gasteiger partial charge in [0.25, 0.3) is 0 Å². The highest BCUT2D eigenvalue weighted by Crippen LogP contribution is 2.34. The van der Waals surface area contributed by atoms with Crippen molar-refractivity contribution in [3.8, 4) is 0 Å². The van der Waals surface area contributed by atoms with Gasteiger partial charge in [0.05, 0.1) is 0 Å². The molecular weight excluding hydrogens is 234 g/mol. The third-order valence-corrected chi connectivity index (χ3v) is 3.18. The molecule has 94 valence electrons. The van der Waals surface area contributed by atoms with Gasteiger partial charge in [-0.25, -0.2) is 4.79 Å². The van der Waals surface area contributed by atoms with Gasteiger partial charge in [0.15, 0.2) is 5.41 Å². The van der Waals surface area contributed by atoms with Gasteiger partial charge in [-0.2, -0.15) is 0 Å². The average Bonchev–Trinajstić information content (AvgIpc) is 2.31. The molecule has 0 spiro atoms. The van der Waals surface area contributed by atoms with Crippen LogP contribution in [0.25, 0.3) is 0 Å². The number of rotatable bonds is 2. The Kier molecular flexibility index (Phi) is 2.78. The quantitative estimate of drug-likeness (QED) is 0.516. The number of carbonyl (C=O) groups excluding carboxylic acids is 3. The molecule has 1 saturated heterocycles. The van der Waals surface area contributed by atoms with Crippen LogP contribution in [0, 0.1) is 0 Å². The number of amides is 4. The van der Waals surface area contributed by atoms with Crippen molar-refractivity contribution in [3.05, 3.63) is 29.8 Å². The molecule has 1 fully saturated rings. The summed E-state index contributed by atoms with van der Waals surface area (Å²) in [5, 5.41) is 4.22. The molecular formula is C12H13N3O3. The van der Waals surface area contributed by atoms with Crippen molar-refractivity contribution in [1.29, 1.82) is 0 Å². The first kappa shape index (κ1) is 12.1. The van der Waals surface area contributed by atoms with Crippen molar-refractivity contribution in [3.63, 3.8) is 0 Å². The van der Waals surface area contributed by atoms with Crippen LogP contribution in [0.1, 0.15) is 18.9 Å². The predicted molar refractivity (Wildman–Crippen MR) is 64.5 cm³/mol. The van der Waals surface area contributed by atoms with E-state index in [9.17, 15) is 14.4 Å². The van der Waals surface area contributed by atoms with Crippen molar-refractivity contribution in [2.24, 2.45) is 0 Å². The highest BCUT2D eigenvalue weighted by Gasteiger charge is 2.51. The third kappa shape index (κ3) is 1.54. The molecule has 0 aliphatic carbocycles. The van der Waals surface area contributed by atoms with Crippen molar-refractivity contribution >= 4 is 23.5 Å². The smallest absolute Gasteiger partial charge is 0.328 e. The molecule has 0 unspecified atom stereocenters. The molecule has 4 N–H and O–H groups in total. The number of barbiturate groups is 1. The number of anilines is 1. The van der Waals surface area contributed by atoms with Crippen LogP contribution < -0.4 is 16.4 Å². The number of nitrogens with one attached hydrogen (secondary N) is 2. The van der Waals surface area contributed by atoms with E-state index >= 15 is 0 Å². The largest absolute Gasteiger partial charge is 0.398 e. The molecule has 0 bridgehead atoms. The van der Waals surface area contributed by atoms with Gasteiger partial charge in [-0.05, 0) is 18.1 Å². The van der Waals surface area contributed by atoms with Crippen molar-refractivity contribution in [2.75, 3.05) is 5.73 Å². The van der Waals surface area contributed by atoms with E-state index in [2.05, 4.69) is 10.6 Å². The molecule has 0 aromatic heterocycles. The summed E-state index contributed by atoms with van der Waals surface area (Å²) in [7, 11) is 0. The van der Waals surface area contributed by atoms with Crippen LogP contribution >= 0.6 is 0 Å². The first-order chi connectivity index (χ1) is 8.52. The summed E-state index contributed by atoms with van der Waals surface area (Å²) in [5.41, 5.74) is 5.14. The lowest BCUT2D eigenvalue weighted by Gasteiger charge is -2.34. The number of urea groups is 1. The van der Waals surface area contributed by atoms with E-state index in [4.69, 9.17) is 5.73 Å². The Morgan fingerprint density at radius 3 is 2.17 bits per heavy atom. The number of nitrogens with two attached hydrogens (primary N) is 1. The number of hydrogen-bond donors (Lipinski definition) is 3. The Morgan fingerprint density at radius 2 is 1.67 bits per heavy atom. The van der Waals surface area contributed by atoms with Gasteiger partial charge in [0, 0.05) is 5.69 Å². The summed E-state index contributed by atoms with van der Waals surface area (Å²) in [6, 6.07) is 5.84. The fourth-order valence-electron chi connectivity index (χ4n) is 2.20. The fraction of sp³-hybridized carbons (Fsp3) is 0.250. The van der Waals surface area contributed by atoms with E-state index in [1.165, 1.54) is 0 Å². The second kappa shape index (κ2) is 4.14. The number of carbonyl (C=O) groups is 3. The van der Waals surface area contributed by atoms with Crippen LogP contribution in [0.4, 0.5) is 10.5 Å².